The Bertz CT molecular complexity index is 623. The van der Waals surface area contributed by atoms with Crippen LogP contribution < -0.4 is 5.73 Å². The number of nitrogen functional groups attached to an aromatic ring is 1. The molecule has 1 saturated heterocycles. The molecule has 2 rings (SSSR count). The number of halogens is 1. The van der Waals surface area contributed by atoms with Crippen LogP contribution in [0, 0.1) is 12.7 Å². The predicted octanol–water partition coefficient (Wildman–Crippen LogP) is 0.751. The fourth-order valence-electron chi connectivity index (χ4n) is 2.45. The van der Waals surface area contributed by atoms with Gasteiger partial charge in [0.05, 0.1) is 12.2 Å². The van der Waals surface area contributed by atoms with Crippen LogP contribution in [0.3, 0.4) is 0 Å². The summed E-state index contributed by atoms with van der Waals surface area (Å²) in [7, 11) is -1.01. The smallest absolute Gasteiger partial charge is 0.246 e. The first kappa shape index (κ1) is 16.2. The van der Waals surface area contributed by atoms with Gasteiger partial charge in [0, 0.05) is 33.0 Å². The number of sulfonamides is 1. The van der Waals surface area contributed by atoms with Gasteiger partial charge in [-0.3, -0.25) is 0 Å². The first-order valence-corrected chi connectivity index (χ1v) is 7.86. The Labute approximate surface area is 123 Å². The van der Waals surface area contributed by atoms with E-state index in [-0.39, 0.29) is 36.5 Å². The van der Waals surface area contributed by atoms with Crippen LogP contribution in [0.2, 0.25) is 0 Å². The topological polar surface area (TPSA) is 81.9 Å². The normalized spacial score (nSPS) is 23.6. The zero-order valence-electron chi connectivity index (χ0n) is 12.2. The van der Waals surface area contributed by atoms with Crippen LogP contribution in [-0.4, -0.2) is 52.2 Å². The average Bonchev–Trinajstić information content (AvgIpc) is 2.86. The van der Waals surface area contributed by atoms with Crippen molar-refractivity contribution in [1.29, 1.82) is 0 Å². The van der Waals surface area contributed by atoms with E-state index in [1.54, 1.807) is 0 Å². The highest BCUT2D eigenvalue weighted by atomic mass is 32.2. The molecule has 1 heterocycles. The van der Waals surface area contributed by atoms with Crippen molar-refractivity contribution < 1.29 is 22.3 Å². The summed E-state index contributed by atoms with van der Waals surface area (Å²) in [5.41, 5.74) is 6.03. The van der Waals surface area contributed by atoms with E-state index in [1.165, 1.54) is 27.2 Å². The largest absolute Gasteiger partial charge is 0.399 e. The molecule has 0 spiro atoms. The molecule has 0 radical (unpaired) electrons. The predicted molar refractivity (Wildman–Crippen MR) is 75.9 cm³/mol. The zero-order chi connectivity index (χ0) is 15.8. The van der Waals surface area contributed by atoms with Crippen LogP contribution in [-0.2, 0) is 19.5 Å². The fourth-order valence-corrected chi connectivity index (χ4v) is 4.09. The molecule has 2 N–H and O–H groups in total. The molecule has 2 atom stereocenters. The van der Waals surface area contributed by atoms with Gasteiger partial charge in [-0.15, -0.1) is 0 Å². The van der Waals surface area contributed by atoms with Gasteiger partial charge in [0.2, 0.25) is 10.0 Å². The van der Waals surface area contributed by atoms with Gasteiger partial charge < -0.3 is 15.2 Å². The number of nitrogens with two attached hydrogens (primary N) is 1. The molecule has 1 aromatic carbocycles. The van der Waals surface area contributed by atoms with Gasteiger partial charge in [-0.2, -0.15) is 4.31 Å². The van der Waals surface area contributed by atoms with Crippen LogP contribution in [0.4, 0.5) is 10.1 Å². The number of hydrogen-bond donors (Lipinski definition) is 1. The molecule has 0 aliphatic carbocycles. The highest BCUT2D eigenvalue weighted by molar-refractivity contribution is 7.89. The lowest BCUT2D eigenvalue weighted by Crippen LogP contribution is -2.31. The Morgan fingerprint density at radius 2 is 1.76 bits per heavy atom. The van der Waals surface area contributed by atoms with Gasteiger partial charge >= 0.3 is 0 Å². The van der Waals surface area contributed by atoms with Crippen LogP contribution in [0.15, 0.2) is 17.0 Å². The summed E-state index contributed by atoms with van der Waals surface area (Å²) >= 11 is 0. The molecule has 1 aliphatic rings. The second-order valence-electron chi connectivity index (χ2n) is 5.02. The first-order valence-electron chi connectivity index (χ1n) is 6.42. The van der Waals surface area contributed by atoms with Gasteiger partial charge in [0.1, 0.15) is 10.7 Å². The number of hydrogen-bond acceptors (Lipinski definition) is 5. The molecule has 6 nitrogen and oxygen atoms in total. The van der Waals surface area contributed by atoms with E-state index in [0.29, 0.717) is 0 Å². The van der Waals surface area contributed by atoms with Crippen molar-refractivity contribution >= 4 is 15.7 Å². The minimum absolute atomic E-state index is 0.116. The molecular formula is C13H19FN2O4S. The maximum Gasteiger partial charge on any atom is 0.246 e. The number of nitrogens with zero attached hydrogens (tertiary/aromatic N) is 1. The number of aryl methyl sites for hydroxylation is 1. The zero-order valence-corrected chi connectivity index (χ0v) is 13.0. The number of benzene rings is 1. The van der Waals surface area contributed by atoms with Crippen LogP contribution in [0.25, 0.3) is 0 Å². The maximum absolute atomic E-state index is 14.2. The molecule has 118 valence electrons. The summed E-state index contributed by atoms with van der Waals surface area (Å²) in [4.78, 5) is -0.411. The molecule has 1 fully saturated rings. The van der Waals surface area contributed by atoms with E-state index in [9.17, 15) is 12.8 Å². The first-order chi connectivity index (χ1) is 9.81. The van der Waals surface area contributed by atoms with Gasteiger partial charge in [0.25, 0.3) is 0 Å². The number of anilines is 1. The van der Waals surface area contributed by atoms with Crippen LogP contribution in [0.1, 0.15) is 5.56 Å². The third-order valence-electron chi connectivity index (χ3n) is 3.65. The quantitative estimate of drug-likeness (QED) is 0.829. The van der Waals surface area contributed by atoms with Crippen LogP contribution >= 0.6 is 0 Å². The summed E-state index contributed by atoms with van der Waals surface area (Å²) in [6.45, 7) is 1.71. The molecule has 2 unspecified atom stereocenters. The molecule has 0 bridgehead atoms. The van der Waals surface area contributed by atoms with E-state index in [1.807, 2.05) is 0 Å². The van der Waals surface area contributed by atoms with Gasteiger partial charge in [-0.1, -0.05) is 0 Å². The van der Waals surface area contributed by atoms with E-state index < -0.39 is 20.7 Å². The van der Waals surface area contributed by atoms with Crippen molar-refractivity contribution in [2.24, 2.45) is 0 Å². The standard InChI is InChI=1S/C13H19FN2O4S/c1-8-4-9(15)5-12(13(8)14)21(17,18)16-6-10(19-2)11(7-16)20-3/h4-5,10-11H,6-7,15H2,1-3H3. The maximum atomic E-state index is 14.2. The van der Waals surface area contributed by atoms with Crippen LogP contribution in [0.5, 0.6) is 0 Å². The average molecular weight is 318 g/mol. The highest BCUT2D eigenvalue weighted by Gasteiger charge is 2.41. The van der Waals surface area contributed by atoms with Crippen molar-refractivity contribution in [1.82, 2.24) is 4.31 Å². The SMILES string of the molecule is COC1CN(S(=O)(=O)c2cc(N)cc(C)c2F)CC1OC. The number of methoxy groups -OCH3 is 2. The lowest BCUT2D eigenvalue weighted by Gasteiger charge is -2.17. The van der Waals surface area contributed by atoms with Crippen molar-refractivity contribution in [3.05, 3.63) is 23.5 Å². The molecule has 1 aromatic rings. The second-order valence-corrected chi connectivity index (χ2v) is 6.93. The van der Waals surface area contributed by atoms with E-state index in [0.717, 1.165) is 10.4 Å². The summed E-state index contributed by atoms with van der Waals surface area (Å²) in [5.74, 6) is -0.779. The second kappa shape index (κ2) is 5.88. The fraction of sp³-hybridized carbons (Fsp3) is 0.538. The van der Waals surface area contributed by atoms with E-state index in [4.69, 9.17) is 15.2 Å². The van der Waals surface area contributed by atoms with E-state index in [2.05, 4.69) is 0 Å². The van der Waals surface area contributed by atoms with Crippen molar-refractivity contribution in [2.45, 2.75) is 24.0 Å². The summed E-state index contributed by atoms with van der Waals surface area (Å²) in [6.07, 6.45) is -0.759. The monoisotopic (exact) mass is 318 g/mol. The van der Waals surface area contributed by atoms with Crippen molar-refractivity contribution in [3.63, 3.8) is 0 Å². The Balaban J connectivity index is 2.40. The minimum atomic E-state index is -3.98. The number of rotatable bonds is 4. The molecular weight excluding hydrogens is 299 g/mol. The highest BCUT2D eigenvalue weighted by Crippen LogP contribution is 2.28. The summed E-state index contributed by atoms with van der Waals surface area (Å²) in [5, 5.41) is 0. The third kappa shape index (κ3) is 2.89. The Hall–Kier alpha value is -1.22. The molecule has 8 heteroatoms. The minimum Gasteiger partial charge on any atom is -0.399 e. The molecule has 21 heavy (non-hydrogen) atoms. The summed E-state index contributed by atoms with van der Waals surface area (Å²) in [6, 6.07) is 2.54. The van der Waals surface area contributed by atoms with Gasteiger partial charge in [0.15, 0.2) is 0 Å². The molecule has 0 aromatic heterocycles. The molecule has 0 amide bonds. The lowest BCUT2D eigenvalue weighted by atomic mass is 10.2. The third-order valence-corrected chi connectivity index (χ3v) is 5.48. The number of ether oxygens (including phenoxy) is 2. The summed E-state index contributed by atoms with van der Waals surface area (Å²) < 4.78 is 50.9. The molecule has 0 saturated carbocycles. The Morgan fingerprint density at radius 1 is 1.24 bits per heavy atom. The van der Waals surface area contributed by atoms with Crippen molar-refractivity contribution in [3.8, 4) is 0 Å². The van der Waals surface area contributed by atoms with E-state index >= 15 is 0 Å². The Morgan fingerprint density at radius 3 is 2.24 bits per heavy atom. The van der Waals surface area contributed by atoms with Gasteiger partial charge in [-0.05, 0) is 24.6 Å². The molecule has 1 aliphatic heterocycles. The lowest BCUT2D eigenvalue weighted by molar-refractivity contribution is -0.00461. The van der Waals surface area contributed by atoms with Gasteiger partial charge in [-0.25, -0.2) is 12.8 Å². The van der Waals surface area contributed by atoms with Crippen molar-refractivity contribution in [2.75, 3.05) is 33.0 Å². The Kier molecular flexibility index (Phi) is 4.52.